The van der Waals surface area contributed by atoms with Crippen LogP contribution in [0.3, 0.4) is 0 Å². The molecule has 0 spiro atoms. The number of nitrogens with one attached hydrogen (secondary N) is 1. The summed E-state index contributed by atoms with van der Waals surface area (Å²) in [5.41, 5.74) is -0.0941. The average molecular weight is 212 g/mol. The second kappa shape index (κ2) is 4.10. The van der Waals surface area contributed by atoms with E-state index in [0.29, 0.717) is 0 Å². The van der Waals surface area contributed by atoms with E-state index >= 15 is 0 Å². The van der Waals surface area contributed by atoms with Gasteiger partial charge in [-0.3, -0.25) is 9.69 Å². The van der Waals surface area contributed by atoms with Crippen molar-refractivity contribution < 1.29 is 9.90 Å². The lowest BCUT2D eigenvalue weighted by molar-refractivity contribution is -0.141. The molecular weight excluding hydrogens is 192 g/mol. The molecule has 2 aliphatic rings. The first kappa shape index (κ1) is 10.9. The lowest BCUT2D eigenvalue weighted by Gasteiger charge is -2.50. The summed E-state index contributed by atoms with van der Waals surface area (Å²) >= 11 is 0. The highest BCUT2D eigenvalue weighted by Gasteiger charge is 2.44. The summed E-state index contributed by atoms with van der Waals surface area (Å²) in [5, 5.41) is 12.2. The van der Waals surface area contributed by atoms with Crippen molar-refractivity contribution in [3.63, 3.8) is 0 Å². The van der Waals surface area contributed by atoms with Crippen LogP contribution < -0.4 is 5.32 Å². The first-order valence-electron chi connectivity index (χ1n) is 5.84. The predicted molar refractivity (Wildman–Crippen MR) is 57.8 cm³/mol. The predicted octanol–water partition coefficient (Wildman–Crippen LogP) is 0.535. The third-order valence-corrected chi connectivity index (χ3v) is 3.62. The molecule has 0 amide bonds. The van der Waals surface area contributed by atoms with Gasteiger partial charge in [-0.1, -0.05) is 6.92 Å². The van der Waals surface area contributed by atoms with E-state index in [4.69, 9.17) is 5.11 Å². The summed E-state index contributed by atoms with van der Waals surface area (Å²) in [6.45, 7) is 5.85. The molecule has 1 saturated carbocycles. The van der Waals surface area contributed by atoms with Crippen molar-refractivity contribution in [2.24, 2.45) is 5.92 Å². The summed E-state index contributed by atoms with van der Waals surface area (Å²) in [7, 11) is 0. The van der Waals surface area contributed by atoms with Crippen molar-refractivity contribution in [2.45, 2.75) is 31.7 Å². The van der Waals surface area contributed by atoms with Crippen molar-refractivity contribution in [1.29, 1.82) is 0 Å². The van der Waals surface area contributed by atoms with E-state index in [1.165, 1.54) is 12.8 Å². The van der Waals surface area contributed by atoms with Crippen LogP contribution in [0, 0.1) is 5.92 Å². The minimum absolute atomic E-state index is 0.0941. The van der Waals surface area contributed by atoms with Gasteiger partial charge in [0, 0.05) is 19.6 Å². The second-order valence-electron chi connectivity index (χ2n) is 4.88. The molecule has 2 fully saturated rings. The minimum atomic E-state index is -0.675. The second-order valence-corrected chi connectivity index (χ2v) is 4.88. The van der Waals surface area contributed by atoms with Gasteiger partial charge in [0.2, 0.25) is 0 Å². The smallest absolute Gasteiger partial charge is 0.305 e. The van der Waals surface area contributed by atoms with Crippen LogP contribution >= 0.6 is 0 Å². The number of hydrogen-bond acceptors (Lipinski definition) is 3. The minimum Gasteiger partial charge on any atom is -0.481 e. The van der Waals surface area contributed by atoms with Crippen molar-refractivity contribution in [3.8, 4) is 0 Å². The molecule has 86 valence electrons. The van der Waals surface area contributed by atoms with Gasteiger partial charge in [-0.2, -0.15) is 0 Å². The summed E-state index contributed by atoms with van der Waals surface area (Å²) < 4.78 is 0. The van der Waals surface area contributed by atoms with E-state index in [0.717, 1.165) is 32.1 Å². The molecule has 0 radical (unpaired) electrons. The first-order chi connectivity index (χ1) is 7.16. The Bertz CT molecular complexity index is 247. The van der Waals surface area contributed by atoms with E-state index < -0.39 is 5.97 Å². The maximum Gasteiger partial charge on any atom is 0.305 e. The number of carbonyl (C=O) groups is 1. The maximum atomic E-state index is 10.9. The fourth-order valence-corrected chi connectivity index (χ4v) is 2.43. The quantitative estimate of drug-likeness (QED) is 0.674. The molecule has 1 saturated heterocycles. The lowest BCUT2D eigenvalue weighted by atomic mass is 9.86. The van der Waals surface area contributed by atoms with Gasteiger partial charge in [0.1, 0.15) is 0 Å². The van der Waals surface area contributed by atoms with Gasteiger partial charge in [-0.05, 0) is 25.3 Å². The van der Waals surface area contributed by atoms with Crippen LogP contribution in [0.1, 0.15) is 26.2 Å². The zero-order valence-corrected chi connectivity index (χ0v) is 9.33. The highest BCUT2D eigenvalue weighted by Crippen LogP contribution is 2.34. The monoisotopic (exact) mass is 212 g/mol. The van der Waals surface area contributed by atoms with Crippen LogP contribution in [0.5, 0.6) is 0 Å². The Balaban J connectivity index is 1.97. The molecule has 1 aliphatic heterocycles. The number of hydrogen-bond donors (Lipinski definition) is 2. The molecule has 15 heavy (non-hydrogen) atoms. The molecule has 2 N–H and O–H groups in total. The Kier molecular flexibility index (Phi) is 2.98. The Morgan fingerprint density at radius 3 is 2.53 bits per heavy atom. The Morgan fingerprint density at radius 2 is 2.20 bits per heavy atom. The molecule has 2 rings (SSSR count). The van der Waals surface area contributed by atoms with Gasteiger partial charge in [0.05, 0.1) is 12.0 Å². The van der Waals surface area contributed by atoms with Crippen LogP contribution in [-0.2, 0) is 4.79 Å². The SMILES string of the molecule is CCN(CC1CC1)C1(CC(=O)O)CNC1. The third kappa shape index (κ3) is 2.32. The zero-order chi connectivity index (χ0) is 10.9. The van der Waals surface area contributed by atoms with Gasteiger partial charge in [0.25, 0.3) is 0 Å². The van der Waals surface area contributed by atoms with Crippen molar-refractivity contribution in [2.75, 3.05) is 26.2 Å². The van der Waals surface area contributed by atoms with Gasteiger partial charge in [0.15, 0.2) is 0 Å². The van der Waals surface area contributed by atoms with Crippen LogP contribution in [0.15, 0.2) is 0 Å². The van der Waals surface area contributed by atoms with Crippen LogP contribution in [0.4, 0.5) is 0 Å². The molecule has 0 bridgehead atoms. The molecule has 1 heterocycles. The molecule has 1 aliphatic carbocycles. The molecule has 0 aromatic rings. The number of likely N-dealkylation sites (N-methyl/N-ethyl adjacent to an activating group) is 1. The Hall–Kier alpha value is -0.610. The average Bonchev–Trinajstić information content (AvgIpc) is 2.91. The van der Waals surface area contributed by atoms with Crippen molar-refractivity contribution in [1.82, 2.24) is 10.2 Å². The molecule has 4 heteroatoms. The number of nitrogens with zero attached hydrogens (tertiary/aromatic N) is 1. The maximum absolute atomic E-state index is 10.9. The van der Waals surface area contributed by atoms with Gasteiger partial charge in [-0.25, -0.2) is 0 Å². The van der Waals surface area contributed by atoms with Crippen molar-refractivity contribution in [3.05, 3.63) is 0 Å². The molecule has 0 unspecified atom stereocenters. The highest BCUT2D eigenvalue weighted by molar-refractivity contribution is 5.68. The summed E-state index contributed by atoms with van der Waals surface area (Å²) in [6.07, 6.45) is 2.93. The fraction of sp³-hybridized carbons (Fsp3) is 0.909. The molecular formula is C11H20N2O2. The van der Waals surface area contributed by atoms with Crippen LogP contribution in [0.25, 0.3) is 0 Å². The molecule has 4 nitrogen and oxygen atoms in total. The topological polar surface area (TPSA) is 52.6 Å². The van der Waals surface area contributed by atoms with Crippen LogP contribution in [-0.4, -0.2) is 47.7 Å². The van der Waals surface area contributed by atoms with E-state index in [9.17, 15) is 4.79 Å². The first-order valence-corrected chi connectivity index (χ1v) is 5.84. The van der Waals surface area contributed by atoms with Gasteiger partial charge < -0.3 is 10.4 Å². The van der Waals surface area contributed by atoms with Gasteiger partial charge >= 0.3 is 5.97 Å². The molecule has 0 aromatic heterocycles. The fourth-order valence-electron chi connectivity index (χ4n) is 2.43. The number of aliphatic carboxylic acids is 1. The normalized spacial score (nSPS) is 23.9. The van der Waals surface area contributed by atoms with Crippen LogP contribution in [0.2, 0.25) is 0 Å². The van der Waals surface area contributed by atoms with Gasteiger partial charge in [-0.15, -0.1) is 0 Å². The number of rotatable bonds is 6. The molecule has 0 atom stereocenters. The van der Waals surface area contributed by atoms with E-state index in [2.05, 4.69) is 17.1 Å². The Morgan fingerprint density at radius 1 is 1.53 bits per heavy atom. The standard InChI is InChI=1S/C11H20N2O2/c1-2-13(6-9-3-4-9)11(5-10(14)15)7-12-8-11/h9,12H,2-8H2,1H3,(H,14,15). The summed E-state index contributed by atoms with van der Waals surface area (Å²) in [6, 6.07) is 0. The summed E-state index contributed by atoms with van der Waals surface area (Å²) in [4.78, 5) is 13.2. The van der Waals surface area contributed by atoms with E-state index in [1.54, 1.807) is 0 Å². The highest BCUT2D eigenvalue weighted by atomic mass is 16.4. The van der Waals surface area contributed by atoms with Crippen molar-refractivity contribution >= 4 is 5.97 Å². The van der Waals surface area contributed by atoms with E-state index in [-0.39, 0.29) is 12.0 Å². The number of carboxylic acid groups (broad SMARTS) is 1. The number of carboxylic acids is 1. The Labute approximate surface area is 90.6 Å². The largest absolute Gasteiger partial charge is 0.481 e. The van der Waals surface area contributed by atoms with E-state index in [1.807, 2.05) is 0 Å². The third-order valence-electron chi connectivity index (χ3n) is 3.62. The molecule has 0 aromatic carbocycles. The summed E-state index contributed by atoms with van der Waals surface area (Å²) in [5.74, 6) is 0.155. The zero-order valence-electron chi connectivity index (χ0n) is 9.33. The lowest BCUT2D eigenvalue weighted by Crippen LogP contribution is -2.69.